The van der Waals surface area contributed by atoms with Crippen LogP contribution < -0.4 is 20.7 Å². The van der Waals surface area contributed by atoms with E-state index in [1.54, 1.807) is 39.0 Å². The molecule has 1 unspecified atom stereocenters. The molecule has 0 aliphatic carbocycles. The smallest absolute Gasteiger partial charge is 0.340 e. The minimum atomic E-state index is -4.05. The molecule has 2 aromatic carbocycles. The van der Waals surface area contributed by atoms with Crippen LogP contribution in [0.15, 0.2) is 53.4 Å². The molecule has 0 aromatic heterocycles. The van der Waals surface area contributed by atoms with Gasteiger partial charge in [0.1, 0.15) is 17.4 Å². The zero-order valence-corrected chi connectivity index (χ0v) is 22.3. The van der Waals surface area contributed by atoms with Crippen molar-refractivity contribution in [2.45, 2.75) is 37.3 Å². The van der Waals surface area contributed by atoms with Crippen LogP contribution in [0.3, 0.4) is 0 Å². The number of carbonyl (C=O) groups is 4. The summed E-state index contributed by atoms with van der Waals surface area (Å²) >= 11 is 0. The van der Waals surface area contributed by atoms with Gasteiger partial charge in [0.25, 0.3) is 0 Å². The number of esters is 1. The van der Waals surface area contributed by atoms with Gasteiger partial charge in [-0.1, -0.05) is 12.1 Å². The Morgan fingerprint density at radius 1 is 0.947 bits per heavy atom. The standard InChI is InChI=1S/C25H31N3O9S/c1-25(2,3)37-24(33)18-7-5-6-8-19(18)26-13-21(29)27-14-22(30)28-20(23(31)32)15-38(34,35)17-11-9-16(36-4)10-12-17/h5-12,20,26H,13-15H2,1-4H3,(H,27,29)(H,28,30)(H,31,32). The number of carbonyl (C=O) groups excluding carboxylic acids is 3. The maximum atomic E-state index is 12.6. The van der Waals surface area contributed by atoms with E-state index >= 15 is 0 Å². The molecule has 4 N–H and O–H groups in total. The summed E-state index contributed by atoms with van der Waals surface area (Å²) in [4.78, 5) is 48.3. The predicted molar refractivity (Wildman–Crippen MR) is 138 cm³/mol. The molecular weight excluding hydrogens is 518 g/mol. The zero-order chi connectivity index (χ0) is 28.5. The number of para-hydroxylation sites is 1. The molecule has 2 aromatic rings. The lowest BCUT2D eigenvalue weighted by atomic mass is 10.1. The molecule has 0 aliphatic rings. The van der Waals surface area contributed by atoms with E-state index in [0.717, 1.165) is 0 Å². The predicted octanol–water partition coefficient (Wildman–Crippen LogP) is 1.22. The summed E-state index contributed by atoms with van der Waals surface area (Å²) in [6.45, 7) is 4.27. The zero-order valence-electron chi connectivity index (χ0n) is 21.4. The number of aliphatic carboxylic acids is 1. The van der Waals surface area contributed by atoms with Gasteiger partial charge < -0.3 is 30.5 Å². The average molecular weight is 550 g/mol. The number of hydrogen-bond donors (Lipinski definition) is 4. The molecule has 0 heterocycles. The molecule has 206 valence electrons. The van der Waals surface area contributed by atoms with Gasteiger partial charge >= 0.3 is 11.9 Å². The Labute approximate surface area is 220 Å². The summed E-state index contributed by atoms with van der Waals surface area (Å²) < 4.78 is 35.5. The first-order valence-corrected chi connectivity index (χ1v) is 13.1. The van der Waals surface area contributed by atoms with Crippen LogP contribution in [-0.4, -0.2) is 74.9 Å². The van der Waals surface area contributed by atoms with Crippen molar-refractivity contribution in [2.75, 3.05) is 31.3 Å². The normalized spacial score (nSPS) is 12.1. The van der Waals surface area contributed by atoms with E-state index in [1.807, 2.05) is 0 Å². The van der Waals surface area contributed by atoms with Crippen LogP contribution in [0.4, 0.5) is 5.69 Å². The third-order valence-corrected chi connectivity index (χ3v) is 6.63. The van der Waals surface area contributed by atoms with Crippen molar-refractivity contribution in [1.29, 1.82) is 0 Å². The maximum Gasteiger partial charge on any atom is 0.340 e. The van der Waals surface area contributed by atoms with Gasteiger partial charge in [0.15, 0.2) is 9.84 Å². The summed E-state index contributed by atoms with van der Waals surface area (Å²) in [5.41, 5.74) is -0.150. The first-order valence-electron chi connectivity index (χ1n) is 11.4. The summed E-state index contributed by atoms with van der Waals surface area (Å²) in [6.07, 6.45) is 0. The monoisotopic (exact) mass is 549 g/mol. The van der Waals surface area contributed by atoms with Crippen molar-refractivity contribution in [1.82, 2.24) is 10.6 Å². The number of methoxy groups -OCH3 is 1. The lowest BCUT2D eigenvalue weighted by Gasteiger charge is -2.20. The second-order valence-corrected chi connectivity index (χ2v) is 11.1. The lowest BCUT2D eigenvalue weighted by molar-refractivity contribution is -0.141. The Morgan fingerprint density at radius 3 is 2.16 bits per heavy atom. The first-order chi connectivity index (χ1) is 17.7. The molecule has 0 radical (unpaired) electrons. The van der Waals surface area contributed by atoms with Gasteiger partial charge in [-0.15, -0.1) is 0 Å². The van der Waals surface area contributed by atoms with Crippen LogP contribution >= 0.6 is 0 Å². The fourth-order valence-corrected chi connectivity index (χ4v) is 4.49. The molecule has 0 bridgehead atoms. The molecular formula is C25H31N3O9S. The number of rotatable bonds is 12. The van der Waals surface area contributed by atoms with Crippen LogP contribution in [0, 0.1) is 0 Å². The minimum absolute atomic E-state index is 0.134. The van der Waals surface area contributed by atoms with Crippen molar-refractivity contribution in [3.8, 4) is 5.75 Å². The number of amides is 2. The number of anilines is 1. The highest BCUT2D eigenvalue weighted by molar-refractivity contribution is 7.91. The van der Waals surface area contributed by atoms with Gasteiger partial charge in [0.2, 0.25) is 11.8 Å². The van der Waals surface area contributed by atoms with Crippen molar-refractivity contribution < 1.29 is 42.2 Å². The van der Waals surface area contributed by atoms with E-state index in [1.165, 1.54) is 37.4 Å². The van der Waals surface area contributed by atoms with Gasteiger partial charge in [-0.3, -0.25) is 9.59 Å². The number of carboxylic acid groups (broad SMARTS) is 1. The highest BCUT2D eigenvalue weighted by Gasteiger charge is 2.28. The van der Waals surface area contributed by atoms with Crippen LogP contribution in [0.5, 0.6) is 5.75 Å². The maximum absolute atomic E-state index is 12.6. The molecule has 0 saturated heterocycles. The fourth-order valence-electron chi connectivity index (χ4n) is 3.08. The minimum Gasteiger partial charge on any atom is -0.497 e. The van der Waals surface area contributed by atoms with E-state index < -0.39 is 57.5 Å². The molecule has 2 amide bonds. The highest BCUT2D eigenvalue weighted by atomic mass is 32.2. The Hall–Kier alpha value is -4.13. The fraction of sp³-hybridized carbons (Fsp3) is 0.360. The topological polar surface area (TPSA) is 177 Å². The van der Waals surface area contributed by atoms with Crippen LogP contribution in [0.2, 0.25) is 0 Å². The quantitative estimate of drug-likeness (QED) is 0.282. The van der Waals surface area contributed by atoms with E-state index in [0.29, 0.717) is 11.4 Å². The summed E-state index contributed by atoms with van der Waals surface area (Å²) in [6, 6.07) is 10.0. The Bertz CT molecular complexity index is 1270. The van der Waals surface area contributed by atoms with Gasteiger partial charge in [-0.2, -0.15) is 0 Å². The number of sulfone groups is 1. The molecule has 1 atom stereocenters. The van der Waals surface area contributed by atoms with E-state index in [4.69, 9.17) is 9.47 Å². The molecule has 0 spiro atoms. The summed E-state index contributed by atoms with van der Waals surface area (Å²) in [5, 5.41) is 16.6. The average Bonchev–Trinajstić information content (AvgIpc) is 2.84. The summed E-state index contributed by atoms with van der Waals surface area (Å²) in [5.74, 6) is -4.13. The SMILES string of the molecule is COc1ccc(S(=O)(=O)CC(NC(=O)CNC(=O)CNc2ccccc2C(=O)OC(C)(C)C)C(=O)O)cc1. The van der Waals surface area contributed by atoms with Crippen molar-refractivity contribution in [2.24, 2.45) is 0 Å². The van der Waals surface area contributed by atoms with Crippen molar-refractivity contribution in [3.05, 3.63) is 54.1 Å². The largest absolute Gasteiger partial charge is 0.497 e. The molecule has 0 saturated carbocycles. The Morgan fingerprint density at radius 2 is 1.58 bits per heavy atom. The molecule has 0 aliphatic heterocycles. The molecule has 0 fully saturated rings. The van der Waals surface area contributed by atoms with Gasteiger partial charge in [0.05, 0.1) is 36.4 Å². The van der Waals surface area contributed by atoms with Crippen LogP contribution in [0.1, 0.15) is 31.1 Å². The number of hydrogen-bond acceptors (Lipinski definition) is 9. The molecule has 2 rings (SSSR count). The number of benzene rings is 2. The van der Waals surface area contributed by atoms with Gasteiger partial charge in [-0.05, 0) is 57.2 Å². The molecule has 12 nitrogen and oxygen atoms in total. The Kier molecular flexibility index (Phi) is 10.2. The second kappa shape index (κ2) is 12.9. The first kappa shape index (κ1) is 30.1. The number of carboxylic acids is 1. The third-order valence-electron chi connectivity index (χ3n) is 4.87. The van der Waals surface area contributed by atoms with E-state index in [2.05, 4.69) is 16.0 Å². The van der Waals surface area contributed by atoms with E-state index in [9.17, 15) is 32.7 Å². The second-order valence-electron chi connectivity index (χ2n) is 9.09. The highest BCUT2D eigenvalue weighted by Crippen LogP contribution is 2.20. The van der Waals surface area contributed by atoms with Gasteiger partial charge in [0, 0.05) is 5.69 Å². The number of nitrogens with one attached hydrogen (secondary N) is 3. The van der Waals surface area contributed by atoms with Crippen LogP contribution in [0.25, 0.3) is 0 Å². The lowest BCUT2D eigenvalue weighted by Crippen LogP contribution is -2.49. The van der Waals surface area contributed by atoms with Crippen molar-refractivity contribution >= 4 is 39.3 Å². The Balaban J connectivity index is 1.92. The molecule has 38 heavy (non-hydrogen) atoms. The third kappa shape index (κ3) is 9.39. The summed E-state index contributed by atoms with van der Waals surface area (Å²) in [7, 11) is -2.64. The van der Waals surface area contributed by atoms with E-state index in [-0.39, 0.29) is 17.0 Å². The molecule has 13 heteroatoms. The van der Waals surface area contributed by atoms with Crippen LogP contribution in [-0.2, 0) is 29.0 Å². The van der Waals surface area contributed by atoms with Gasteiger partial charge in [-0.25, -0.2) is 18.0 Å². The van der Waals surface area contributed by atoms with Crippen molar-refractivity contribution in [3.63, 3.8) is 0 Å². The number of ether oxygens (including phenoxy) is 2.